The van der Waals surface area contributed by atoms with Crippen LogP contribution in [0, 0.1) is 12.7 Å². The minimum absolute atomic E-state index is 0.0466. The van der Waals surface area contributed by atoms with Crippen LogP contribution >= 0.6 is 0 Å². The number of rotatable bonds is 5. The molecule has 2 aromatic carbocycles. The van der Waals surface area contributed by atoms with Crippen LogP contribution in [0.15, 0.2) is 54.9 Å². The summed E-state index contributed by atoms with van der Waals surface area (Å²) in [5, 5.41) is 11.5. The number of phenols is 1. The molecule has 0 radical (unpaired) electrons. The van der Waals surface area contributed by atoms with Gasteiger partial charge in [0.1, 0.15) is 24.0 Å². The first-order chi connectivity index (χ1) is 21.6. The molecule has 3 aliphatic rings. The van der Waals surface area contributed by atoms with Crippen LogP contribution in [-0.4, -0.2) is 107 Å². The maximum Gasteiger partial charge on any atom is 0.350 e. The number of ether oxygens (including phenoxy) is 1. The average molecular weight is 619 g/mol. The summed E-state index contributed by atoms with van der Waals surface area (Å²) < 4.78 is 23.5. The SMILES string of the molecule is C=C.C=CC(=O)N1C[C@H](C)N(c2nc(=O)n3c4c(c(-c5c(O)cccc5F)c(C)cc24)OC[C@@H]3CN2CCN(C)CC2)C[C@H]1C. The van der Waals surface area contributed by atoms with Gasteiger partial charge in [-0.1, -0.05) is 12.6 Å². The Morgan fingerprint density at radius 1 is 1.13 bits per heavy atom. The molecule has 6 rings (SSSR count). The number of likely N-dealkylation sites (N-methyl/N-ethyl adjacent to an activating group) is 1. The van der Waals surface area contributed by atoms with E-state index in [1.165, 1.54) is 24.3 Å². The first-order valence-corrected chi connectivity index (χ1v) is 15.4. The van der Waals surface area contributed by atoms with Gasteiger partial charge in [0, 0.05) is 68.8 Å². The van der Waals surface area contributed by atoms with Crippen LogP contribution in [-0.2, 0) is 4.79 Å². The summed E-state index contributed by atoms with van der Waals surface area (Å²) in [5.74, 6) is -0.0222. The standard InChI is InChI=1S/C32H39FN6O4.C2H4/c1-6-26(41)37-15-21(4)38(16-20(37)3)31-23-14-19(2)27(28-24(33)8-7-9-25(28)40)30-29(23)39(32(42)34-31)22(18-43-30)17-36-12-10-35(5)11-13-36;1-2/h6-9,14,20-22,40H,1,10-13,15-18H2,2-5H3;1-2H2/t20-,21+,22+;/m1./s1. The zero-order valence-corrected chi connectivity index (χ0v) is 26.6. The van der Waals surface area contributed by atoms with E-state index < -0.39 is 11.5 Å². The minimum Gasteiger partial charge on any atom is -0.507 e. The summed E-state index contributed by atoms with van der Waals surface area (Å²) in [6.45, 7) is 20.9. The van der Waals surface area contributed by atoms with Crippen molar-refractivity contribution in [3.63, 3.8) is 0 Å². The molecule has 0 bridgehead atoms. The molecule has 0 spiro atoms. The van der Waals surface area contributed by atoms with Crippen LogP contribution in [0.3, 0.4) is 0 Å². The van der Waals surface area contributed by atoms with Gasteiger partial charge in [0.15, 0.2) is 5.75 Å². The summed E-state index contributed by atoms with van der Waals surface area (Å²) in [6.07, 6.45) is 1.33. The number of benzene rings is 2. The Morgan fingerprint density at radius 3 is 2.51 bits per heavy atom. The monoisotopic (exact) mass is 618 g/mol. The fourth-order valence-electron chi connectivity index (χ4n) is 6.82. The molecular weight excluding hydrogens is 575 g/mol. The number of hydrogen-bond donors (Lipinski definition) is 1. The number of carbonyl (C=O) groups is 1. The Balaban J connectivity index is 0.00000196. The van der Waals surface area contributed by atoms with Crippen molar-refractivity contribution in [3.8, 4) is 22.6 Å². The fraction of sp³-hybridized carbons (Fsp3) is 0.441. The van der Waals surface area contributed by atoms with Crippen LogP contribution < -0.4 is 15.3 Å². The number of phenolic OH excluding ortho intramolecular Hbond substituents is 1. The third-order valence-electron chi connectivity index (χ3n) is 9.15. The van der Waals surface area contributed by atoms with Crippen molar-refractivity contribution in [2.24, 2.45) is 0 Å². The molecule has 3 atom stereocenters. The van der Waals surface area contributed by atoms with Gasteiger partial charge in [-0.2, -0.15) is 4.98 Å². The number of piperazine rings is 2. The highest BCUT2D eigenvalue weighted by Gasteiger charge is 2.37. The summed E-state index contributed by atoms with van der Waals surface area (Å²) in [6, 6.07) is 5.57. The molecule has 3 aromatic rings. The average Bonchev–Trinajstić information content (AvgIpc) is 3.02. The van der Waals surface area contributed by atoms with Gasteiger partial charge in [0.2, 0.25) is 5.91 Å². The fourth-order valence-corrected chi connectivity index (χ4v) is 6.82. The van der Waals surface area contributed by atoms with Gasteiger partial charge >= 0.3 is 5.69 Å². The predicted molar refractivity (Wildman–Crippen MR) is 176 cm³/mol. The lowest BCUT2D eigenvalue weighted by Gasteiger charge is -2.45. The number of hydrogen-bond acceptors (Lipinski definition) is 8. The van der Waals surface area contributed by atoms with Gasteiger partial charge in [0.25, 0.3) is 0 Å². The number of nitrogens with zero attached hydrogens (tertiary/aromatic N) is 6. The van der Waals surface area contributed by atoms with E-state index in [9.17, 15) is 14.7 Å². The van der Waals surface area contributed by atoms with Crippen molar-refractivity contribution in [3.05, 3.63) is 71.9 Å². The van der Waals surface area contributed by atoms with E-state index in [0.717, 1.165) is 31.6 Å². The largest absolute Gasteiger partial charge is 0.507 e. The van der Waals surface area contributed by atoms with E-state index in [4.69, 9.17) is 4.74 Å². The Labute approximate surface area is 263 Å². The molecule has 45 heavy (non-hydrogen) atoms. The third-order valence-corrected chi connectivity index (χ3v) is 9.15. The highest BCUT2D eigenvalue weighted by molar-refractivity contribution is 6.01. The van der Waals surface area contributed by atoms with Gasteiger partial charge in [-0.15, -0.1) is 13.2 Å². The maximum atomic E-state index is 15.3. The van der Waals surface area contributed by atoms with Crippen molar-refractivity contribution < 1.29 is 19.0 Å². The van der Waals surface area contributed by atoms with Crippen LogP contribution in [0.1, 0.15) is 25.5 Å². The summed E-state index contributed by atoms with van der Waals surface area (Å²) in [7, 11) is 2.10. The van der Waals surface area contributed by atoms with Crippen molar-refractivity contribution in [1.82, 2.24) is 24.3 Å². The van der Waals surface area contributed by atoms with Crippen molar-refractivity contribution in [2.75, 3.05) is 64.4 Å². The van der Waals surface area contributed by atoms with E-state index in [1.54, 1.807) is 9.47 Å². The smallest absolute Gasteiger partial charge is 0.350 e. The molecule has 3 aliphatic heterocycles. The van der Waals surface area contributed by atoms with E-state index in [2.05, 4.69) is 46.5 Å². The minimum atomic E-state index is -0.574. The first-order valence-electron chi connectivity index (χ1n) is 15.4. The molecule has 4 heterocycles. The molecule has 1 amide bonds. The molecular formula is C34H43FN6O4. The van der Waals surface area contributed by atoms with Gasteiger partial charge < -0.3 is 24.5 Å². The van der Waals surface area contributed by atoms with Gasteiger partial charge in [-0.25, -0.2) is 9.18 Å². The lowest BCUT2D eigenvalue weighted by molar-refractivity contribution is -0.128. The second-order valence-corrected chi connectivity index (χ2v) is 12.1. The van der Waals surface area contributed by atoms with Crippen LogP contribution in [0.4, 0.5) is 10.2 Å². The number of aromatic nitrogens is 2. The molecule has 1 N–H and O–H groups in total. The lowest BCUT2D eigenvalue weighted by atomic mass is 9.94. The van der Waals surface area contributed by atoms with E-state index in [0.29, 0.717) is 47.8 Å². The lowest BCUT2D eigenvalue weighted by Crippen LogP contribution is -2.58. The zero-order chi connectivity index (χ0) is 32.6. The molecule has 0 aliphatic carbocycles. The third kappa shape index (κ3) is 5.82. The Morgan fingerprint density at radius 2 is 1.84 bits per heavy atom. The molecule has 10 nitrogen and oxygen atoms in total. The number of anilines is 1. The summed E-state index contributed by atoms with van der Waals surface area (Å²) >= 11 is 0. The molecule has 0 saturated carbocycles. The number of carbonyl (C=O) groups excluding carboxylic acids is 1. The van der Waals surface area contributed by atoms with Crippen molar-refractivity contribution >= 4 is 22.6 Å². The van der Waals surface area contributed by atoms with Crippen LogP contribution in [0.2, 0.25) is 0 Å². The molecule has 2 saturated heterocycles. The molecule has 2 fully saturated rings. The maximum absolute atomic E-state index is 15.3. The van der Waals surface area contributed by atoms with E-state index >= 15 is 4.39 Å². The Hall–Kier alpha value is -4.22. The highest BCUT2D eigenvalue weighted by Crippen LogP contribution is 2.47. The predicted octanol–water partition coefficient (Wildman–Crippen LogP) is 3.81. The van der Waals surface area contributed by atoms with Crippen LogP contribution in [0.25, 0.3) is 22.0 Å². The number of aromatic hydroxyl groups is 1. The highest BCUT2D eigenvalue weighted by atomic mass is 19.1. The quantitative estimate of drug-likeness (QED) is 0.341. The van der Waals surface area contributed by atoms with Crippen LogP contribution in [0.5, 0.6) is 11.5 Å². The normalized spacial score (nSPS) is 22.0. The zero-order valence-electron chi connectivity index (χ0n) is 26.6. The topological polar surface area (TPSA) is 94.4 Å². The number of halogens is 1. The van der Waals surface area contributed by atoms with Gasteiger partial charge in [0.05, 0.1) is 17.1 Å². The van der Waals surface area contributed by atoms with E-state index in [-0.39, 0.29) is 42.0 Å². The van der Waals surface area contributed by atoms with Gasteiger partial charge in [-0.3, -0.25) is 14.3 Å². The van der Waals surface area contributed by atoms with Crippen molar-refractivity contribution in [1.29, 1.82) is 0 Å². The van der Waals surface area contributed by atoms with Gasteiger partial charge in [-0.05, 0) is 57.7 Å². The molecule has 1 aromatic heterocycles. The number of amides is 1. The second kappa shape index (κ2) is 13.0. The molecule has 11 heteroatoms. The first kappa shape index (κ1) is 32.2. The number of aryl methyl sites for hydroxylation is 1. The van der Waals surface area contributed by atoms with E-state index in [1.807, 2.05) is 26.8 Å². The second-order valence-electron chi connectivity index (χ2n) is 12.1. The molecule has 0 unspecified atom stereocenters. The Bertz CT molecular complexity index is 1650. The Kier molecular flexibility index (Phi) is 9.31. The summed E-state index contributed by atoms with van der Waals surface area (Å²) in [5.41, 5.74) is 1.31. The molecule has 240 valence electrons. The van der Waals surface area contributed by atoms with Crippen molar-refractivity contribution in [2.45, 2.75) is 38.9 Å². The summed E-state index contributed by atoms with van der Waals surface area (Å²) in [4.78, 5) is 39.7.